The number of carbonyl (C=O) groups excluding carboxylic acids is 1. The number of fused-ring (bicyclic) bond motifs is 2. The topological polar surface area (TPSA) is 49.3 Å². The van der Waals surface area contributed by atoms with Crippen LogP contribution in [-0.2, 0) is 11.2 Å². The zero-order valence-electron chi connectivity index (χ0n) is 13.9. The summed E-state index contributed by atoms with van der Waals surface area (Å²) in [7, 11) is 0. The fourth-order valence-corrected chi connectivity index (χ4v) is 4.60. The van der Waals surface area contributed by atoms with Gasteiger partial charge < -0.3 is 10.4 Å². The zero-order valence-corrected chi connectivity index (χ0v) is 14.8. The summed E-state index contributed by atoms with van der Waals surface area (Å²) in [6, 6.07) is 16.1. The van der Waals surface area contributed by atoms with Crippen molar-refractivity contribution in [1.82, 2.24) is 5.32 Å². The lowest BCUT2D eigenvalue weighted by Gasteiger charge is -2.22. The molecule has 2 aromatic carbocycles. The maximum absolute atomic E-state index is 12.6. The van der Waals surface area contributed by atoms with E-state index >= 15 is 0 Å². The summed E-state index contributed by atoms with van der Waals surface area (Å²) < 4.78 is 0. The van der Waals surface area contributed by atoms with Gasteiger partial charge in [-0.3, -0.25) is 4.79 Å². The molecule has 0 fully saturated rings. The Morgan fingerprint density at radius 3 is 2.92 bits per heavy atom. The molecule has 1 amide bonds. The second-order valence-corrected chi connectivity index (χ2v) is 7.61. The van der Waals surface area contributed by atoms with E-state index in [1.807, 2.05) is 36.4 Å². The molecule has 1 aliphatic carbocycles. The molecule has 3 nitrogen and oxygen atoms in total. The summed E-state index contributed by atoms with van der Waals surface area (Å²) in [6.07, 6.45) is 2.33. The second kappa shape index (κ2) is 6.98. The van der Waals surface area contributed by atoms with Gasteiger partial charge in [0.15, 0.2) is 0 Å². The maximum atomic E-state index is 12.6. The molecule has 2 unspecified atom stereocenters. The number of amides is 1. The molecule has 0 spiro atoms. The molecule has 128 valence electrons. The van der Waals surface area contributed by atoms with E-state index in [9.17, 15) is 9.90 Å². The third-order valence-electron chi connectivity index (χ3n) is 5.00. The second-order valence-electron chi connectivity index (χ2n) is 6.61. The first-order valence-electron chi connectivity index (χ1n) is 8.73. The predicted octanol–water partition coefficient (Wildman–Crippen LogP) is 4.17. The highest BCUT2D eigenvalue weighted by Gasteiger charge is 2.27. The van der Waals surface area contributed by atoms with Gasteiger partial charge >= 0.3 is 0 Å². The smallest absolute Gasteiger partial charge is 0.227 e. The number of hydrogen-bond acceptors (Lipinski definition) is 3. The van der Waals surface area contributed by atoms with Gasteiger partial charge in [0.05, 0.1) is 12.0 Å². The van der Waals surface area contributed by atoms with Crippen LogP contribution in [0.3, 0.4) is 0 Å². The van der Waals surface area contributed by atoms with E-state index in [0.717, 1.165) is 35.6 Å². The Bertz CT molecular complexity index is 902. The minimum atomic E-state index is -0.695. The summed E-state index contributed by atoms with van der Waals surface area (Å²) in [6.45, 7) is 0.243. The predicted molar refractivity (Wildman–Crippen MR) is 102 cm³/mol. The van der Waals surface area contributed by atoms with E-state index in [1.165, 1.54) is 10.4 Å². The largest absolute Gasteiger partial charge is 0.387 e. The van der Waals surface area contributed by atoms with E-state index in [0.29, 0.717) is 0 Å². The summed E-state index contributed by atoms with van der Waals surface area (Å²) in [5, 5.41) is 17.7. The highest BCUT2D eigenvalue weighted by Crippen LogP contribution is 2.35. The van der Waals surface area contributed by atoms with Crippen molar-refractivity contribution < 1.29 is 9.90 Å². The number of thiophene rings is 1. The molecule has 0 radical (unpaired) electrons. The van der Waals surface area contributed by atoms with Crippen molar-refractivity contribution >= 4 is 28.0 Å². The Balaban J connectivity index is 1.43. The molecule has 1 aromatic heterocycles. The number of aryl methyl sites for hydroxylation is 1. The van der Waals surface area contributed by atoms with E-state index in [4.69, 9.17) is 0 Å². The molecule has 1 aliphatic rings. The van der Waals surface area contributed by atoms with Crippen LogP contribution >= 0.6 is 11.3 Å². The molecule has 0 saturated heterocycles. The van der Waals surface area contributed by atoms with Gasteiger partial charge in [-0.25, -0.2) is 0 Å². The number of rotatable bonds is 4. The van der Waals surface area contributed by atoms with Crippen LogP contribution < -0.4 is 5.32 Å². The van der Waals surface area contributed by atoms with Crippen LogP contribution in [0.2, 0.25) is 0 Å². The first-order valence-corrected chi connectivity index (χ1v) is 9.61. The summed E-state index contributed by atoms with van der Waals surface area (Å²) in [4.78, 5) is 13.9. The SMILES string of the molecule is O=C(NCC(O)c1ccc2ccccc2c1)C1CCCc2sccc21. The Labute approximate surface area is 151 Å². The maximum Gasteiger partial charge on any atom is 0.227 e. The molecular formula is C21H21NO2S. The molecule has 2 N–H and O–H groups in total. The van der Waals surface area contributed by atoms with E-state index in [-0.39, 0.29) is 18.4 Å². The third-order valence-corrected chi connectivity index (χ3v) is 5.99. The number of aliphatic hydroxyl groups is 1. The number of hydrogen-bond donors (Lipinski definition) is 2. The van der Waals surface area contributed by atoms with Crippen molar-refractivity contribution in [1.29, 1.82) is 0 Å². The minimum absolute atomic E-state index is 0.0270. The van der Waals surface area contributed by atoms with Crippen LogP contribution in [0.4, 0.5) is 0 Å². The van der Waals surface area contributed by atoms with Gasteiger partial charge in [0.25, 0.3) is 0 Å². The highest BCUT2D eigenvalue weighted by atomic mass is 32.1. The summed E-state index contributed by atoms with van der Waals surface area (Å²) >= 11 is 1.74. The van der Waals surface area contributed by atoms with Crippen molar-refractivity contribution in [3.05, 3.63) is 69.9 Å². The average molecular weight is 351 g/mol. The fraction of sp³-hybridized carbons (Fsp3) is 0.286. The van der Waals surface area contributed by atoms with Crippen LogP contribution in [0.25, 0.3) is 10.8 Å². The van der Waals surface area contributed by atoms with Crippen LogP contribution in [-0.4, -0.2) is 17.6 Å². The van der Waals surface area contributed by atoms with Crippen molar-refractivity contribution in [3.8, 4) is 0 Å². The van der Waals surface area contributed by atoms with Crippen LogP contribution in [0.1, 0.15) is 40.9 Å². The Morgan fingerprint density at radius 2 is 2.04 bits per heavy atom. The van der Waals surface area contributed by atoms with Crippen molar-refractivity contribution in [2.75, 3.05) is 6.54 Å². The Morgan fingerprint density at radius 1 is 1.20 bits per heavy atom. The first-order chi connectivity index (χ1) is 12.2. The lowest BCUT2D eigenvalue weighted by Crippen LogP contribution is -2.33. The molecule has 2 atom stereocenters. The average Bonchev–Trinajstić information content (AvgIpc) is 3.14. The quantitative estimate of drug-likeness (QED) is 0.741. The molecule has 0 bridgehead atoms. The molecule has 4 rings (SSSR count). The molecule has 3 aromatic rings. The van der Waals surface area contributed by atoms with E-state index in [1.54, 1.807) is 11.3 Å². The highest BCUT2D eigenvalue weighted by molar-refractivity contribution is 7.10. The van der Waals surface area contributed by atoms with E-state index < -0.39 is 6.10 Å². The van der Waals surface area contributed by atoms with Crippen molar-refractivity contribution in [2.24, 2.45) is 0 Å². The third kappa shape index (κ3) is 3.32. The van der Waals surface area contributed by atoms with Crippen LogP contribution in [0.15, 0.2) is 53.9 Å². The molecule has 4 heteroatoms. The van der Waals surface area contributed by atoms with Crippen LogP contribution in [0.5, 0.6) is 0 Å². The number of benzene rings is 2. The summed E-state index contributed by atoms with van der Waals surface area (Å²) in [5.74, 6) is -0.0435. The van der Waals surface area contributed by atoms with Gasteiger partial charge in [-0.2, -0.15) is 0 Å². The molecule has 0 aliphatic heterocycles. The Kier molecular flexibility index (Phi) is 4.55. The first kappa shape index (κ1) is 16.3. The van der Waals surface area contributed by atoms with Crippen molar-refractivity contribution in [3.63, 3.8) is 0 Å². The molecule has 1 heterocycles. The van der Waals surface area contributed by atoms with Gasteiger partial charge in [-0.05, 0) is 58.7 Å². The lowest BCUT2D eigenvalue weighted by atomic mass is 9.87. The number of aliphatic hydroxyl groups excluding tert-OH is 1. The normalized spacial score (nSPS) is 17.9. The van der Waals surface area contributed by atoms with Gasteiger partial charge in [0.1, 0.15) is 0 Å². The van der Waals surface area contributed by atoms with Crippen molar-refractivity contribution in [2.45, 2.75) is 31.3 Å². The van der Waals surface area contributed by atoms with Gasteiger partial charge in [-0.15, -0.1) is 11.3 Å². The van der Waals surface area contributed by atoms with Crippen LogP contribution in [0, 0.1) is 0 Å². The fourth-order valence-electron chi connectivity index (χ4n) is 3.61. The Hall–Kier alpha value is -2.17. The zero-order chi connectivity index (χ0) is 17.2. The minimum Gasteiger partial charge on any atom is -0.387 e. The van der Waals surface area contributed by atoms with Gasteiger partial charge in [0, 0.05) is 11.4 Å². The van der Waals surface area contributed by atoms with Gasteiger partial charge in [0.2, 0.25) is 5.91 Å². The summed E-state index contributed by atoms with van der Waals surface area (Å²) in [5.41, 5.74) is 2.01. The molecular weight excluding hydrogens is 330 g/mol. The van der Waals surface area contributed by atoms with E-state index in [2.05, 4.69) is 22.8 Å². The standard InChI is InChI=1S/C21H21NO2S/c23-19(16-9-8-14-4-1-2-5-15(14)12-16)13-22-21(24)18-6-3-7-20-17(18)10-11-25-20/h1-2,4-5,8-12,18-19,23H,3,6-7,13H2,(H,22,24). The number of nitrogens with one attached hydrogen (secondary N) is 1. The lowest BCUT2D eigenvalue weighted by molar-refractivity contribution is -0.123. The number of carbonyl (C=O) groups is 1. The monoisotopic (exact) mass is 351 g/mol. The molecule has 0 saturated carbocycles. The van der Waals surface area contributed by atoms with Gasteiger partial charge in [-0.1, -0.05) is 36.4 Å². The molecule has 25 heavy (non-hydrogen) atoms.